The van der Waals surface area contributed by atoms with Gasteiger partial charge < -0.3 is 0 Å². The minimum absolute atomic E-state index is 1.02. The third-order valence-electron chi connectivity index (χ3n) is 8.32. The molecule has 40 heavy (non-hydrogen) atoms. The predicted octanol–water partition coefficient (Wildman–Crippen LogP) is 10.2. The van der Waals surface area contributed by atoms with Crippen molar-refractivity contribution >= 4 is 0 Å². The maximum Gasteiger partial charge on any atom is -0.0149 e. The number of hydrogen-bond donors (Lipinski definition) is 0. The van der Waals surface area contributed by atoms with Crippen molar-refractivity contribution in [1.29, 1.82) is 0 Å². The lowest BCUT2D eigenvalue weighted by atomic mass is 9.87. The summed E-state index contributed by atoms with van der Waals surface area (Å²) in [6.45, 7) is 0. The summed E-state index contributed by atoms with van der Waals surface area (Å²) in [4.78, 5) is 0. The summed E-state index contributed by atoms with van der Waals surface area (Å²) in [6, 6.07) is 53.8. The molecular formula is C40H32. The van der Waals surface area contributed by atoms with Crippen molar-refractivity contribution < 1.29 is 0 Å². The van der Waals surface area contributed by atoms with Gasteiger partial charge in [0.2, 0.25) is 0 Å². The van der Waals surface area contributed by atoms with Gasteiger partial charge in [0.25, 0.3) is 0 Å². The molecule has 0 spiro atoms. The Labute approximate surface area is 237 Å². The molecule has 0 saturated carbocycles. The molecule has 0 unspecified atom stereocenters. The Morgan fingerprint density at radius 1 is 0.275 bits per heavy atom. The zero-order chi connectivity index (χ0) is 26.7. The summed E-state index contributed by atoms with van der Waals surface area (Å²) in [5.41, 5.74) is 16.1. The van der Waals surface area contributed by atoms with Gasteiger partial charge in [-0.1, -0.05) is 146 Å². The first-order valence-corrected chi connectivity index (χ1v) is 14.4. The summed E-state index contributed by atoms with van der Waals surface area (Å²) in [7, 11) is 0. The van der Waals surface area contributed by atoms with Crippen LogP contribution < -0.4 is 0 Å². The molecule has 0 fully saturated rings. The maximum atomic E-state index is 2.43. The van der Waals surface area contributed by atoms with E-state index >= 15 is 0 Å². The van der Waals surface area contributed by atoms with Crippen LogP contribution in [0.5, 0.6) is 0 Å². The highest BCUT2D eigenvalue weighted by molar-refractivity contribution is 5.75. The van der Waals surface area contributed by atoms with Crippen LogP contribution in [0.25, 0.3) is 44.5 Å². The fraction of sp³-hybridized carbons (Fsp3) is 0.100. The van der Waals surface area contributed by atoms with Gasteiger partial charge in [0.05, 0.1) is 0 Å². The van der Waals surface area contributed by atoms with Crippen LogP contribution in [0.3, 0.4) is 0 Å². The molecule has 192 valence electrons. The van der Waals surface area contributed by atoms with Crippen molar-refractivity contribution in [2.75, 3.05) is 0 Å². The first kappa shape index (κ1) is 24.4. The standard InChI is InChI=1S/C40H32/c1-3-7-31(8-4-1)33-17-21-37(22-18-33)39-27-29-11-12-30-14-16-36(26-25-35(39)15-13-29)40(28-30)38-23-19-34(20-24-38)32-9-5-2-6-10-32/h1-10,13-24,27-28H,11-12,25-26H2. The highest BCUT2D eigenvalue weighted by Gasteiger charge is 2.13. The molecule has 4 aliphatic rings. The number of rotatable bonds is 4. The Hall–Kier alpha value is -4.68. The van der Waals surface area contributed by atoms with Crippen LogP contribution >= 0.6 is 0 Å². The topological polar surface area (TPSA) is 0 Å². The molecule has 0 radical (unpaired) electrons. The van der Waals surface area contributed by atoms with E-state index < -0.39 is 0 Å². The van der Waals surface area contributed by atoms with E-state index in [2.05, 4.69) is 146 Å². The summed E-state index contributed by atoms with van der Waals surface area (Å²) in [5, 5.41) is 0. The minimum Gasteiger partial charge on any atom is -0.0622 e. The second-order valence-corrected chi connectivity index (χ2v) is 10.9. The van der Waals surface area contributed by atoms with Gasteiger partial charge in [-0.2, -0.15) is 0 Å². The molecule has 0 atom stereocenters. The lowest BCUT2D eigenvalue weighted by molar-refractivity contribution is 0.925. The van der Waals surface area contributed by atoms with Crippen LogP contribution in [0, 0.1) is 0 Å². The zero-order valence-electron chi connectivity index (χ0n) is 22.7. The van der Waals surface area contributed by atoms with Crippen molar-refractivity contribution in [2.45, 2.75) is 25.7 Å². The van der Waals surface area contributed by atoms with Gasteiger partial charge in [0.1, 0.15) is 0 Å². The van der Waals surface area contributed by atoms with Crippen LogP contribution in [-0.4, -0.2) is 0 Å². The summed E-state index contributed by atoms with van der Waals surface area (Å²) in [6.07, 6.45) is 4.12. The van der Waals surface area contributed by atoms with Crippen LogP contribution in [0.15, 0.2) is 146 Å². The van der Waals surface area contributed by atoms with Crippen LogP contribution in [0.2, 0.25) is 0 Å². The van der Waals surface area contributed by atoms with E-state index in [0.29, 0.717) is 0 Å². The quantitative estimate of drug-likeness (QED) is 0.220. The van der Waals surface area contributed by atoms with E-state index in [0.717, 1.165) is 25.7 Å². The maximum absolute atomic E-state index is 2.43. The monoisotopic (exact) mass is 512 g/mol. The Bertz CT molecular complexity index is 1610. The molecule has 6 aromatic rings. The van der Waals surface area contributed by atoms with E-state index in [1.165, 1.54) is 66.8 Å². The molecule has 0 heterocycles. The van der Waals surface area contributed by atoms with Gasteiger partial charge in [-0.15, -0.1) is 0 Å². The fourth-order valence-electron chi connectivity index (χ4n) is 6.04. The number of aryl methyl sites for hydroxylation is 4. The van der Waals surface area contributed by atoms with Gasteiger partial charge >= 0.3 is 0 Å². The summed E-state index contributed by atoms with van der Waals surface area (Å²) >= 11 is 0. The van der Waals surface area contributed by atoms with E-state index in [1.807, 2.05) is 0 Å². The molecular weight excluding hydrogens is 480 g/mol. The molecule has 0 heteroatoms. The van der Waals surface area contributed by atoms with Gasteiger partial charge in [-0.25, -0.2) is 0 Å². The molecule has 0 aromatic heterocycles. The number of hydrogen-bond acceptors (Lipinski definition) is 0. The van der Waals surface area contributed by atoms with Crippen LogP contribution in [0.1, 0.15) is 22.3 Å². The van der Waals surface area contributed by atoms with Crippen molar-refractivity contribution in [1.82, 2.24) is 0 Å². The normalized spacial score (nSPS) is 12.6. The molecule has 0 amide bonds. The van der Waals surface area contributed by atoms with E-state index in [9.17, 15) is 0 Å². The fourth-order valence-corrected chi connectivity index (χ4v) is 6.04. The second kappa shape index (κ2) is 10.8. The van der Waals surface area contributed by atoms with E-state index in [-0.39, 0.29) is 0 Å². The predicted molar refractivity (Wildman–Crippen MR) is 169 cm³/mol. The Balaban J connectivity index is 1.21. The van der Waals surface area contributed by atoms with Crippen LogP contribution in [0.4, 0.5) is 0 Å². The molecule has 6 aromatic carbocycles. The lowest BCUT2D eigenvalue weighted by Gasteiger charge is -2.18. The lowest BCUT2D eigenvalue weighted by Crippen LogP contribution is -2.02. The molecule has 10 rings (SSSR count). The van der Waals surface area contributed by atoms with Crippen LogP contribution in [-0.2, 0) is 25.7 Å². The van der Waals surface area contributed by atoms with E-state index in [4.69, 9.17) is 0 Å². The second-order valence-electron chi connectivity index (χ2n) is 10.9. The highest BCUT2D eigenvalue weighted by atomic mass is 14.2. The van der Waals surface area contributed by atoms with Gasteiger partial charge in [0.15, 0.2) is 0 Å². The molecule has 4 aliphatic carbocycles. The molecule has 0 N–H and O–H groups in total. The Morgan fingerprint density at radius 3 is 1.02 bits per heavy atom. The minimum atomic E-state index is 1.02. The van der Waals surface area contributed by atoms with Crippen molar-refractivity contribution in [3.63, 3.8) is 0 Å². The first-order chi connectivity index (χ1) is 19.8. The van der Waals surface area contributed by atoms with Gasteiger partial charge in [-0.3, -0.25) is 0 Å². The van der Waals surface area contributed by atoms with Gasteiger partial charge in [0, 0.05) is 0 Å². The average molecular weight is 513 g/mol. The van der Waals surface area contributed by atoms with Gasteiger partial charge in [-0.05, 0) is 92.4 Å². The number of benzene rings is 6. The molecule has 0 nitrogen and oxygen atoms in total. The van der Waals surface area contributed by atoms with Crippen molar-refractivity contribution in [3.8, 4) is 44.5 Å². The first-order valence-electron chi connectivity index (χ1n) is 14.4. The largest absolute Gasteiger partial charge is 0.0622 e. The summed E-state index contributed by atoms with van der Waals surface area (Å²) < 4.78 is 0. The zero-order valence-corrected chi connectivity index (χ0v) is 22.7. The van der Waals surface area contributed by atoms with Crippen molar-refractivity contribution in [2.24, 2.45) is 0 Å². The average Bonchev–Trinajstić information content (AvgIpc) is 3.03. The summed E-state index contributed by atoms with van der Waals surface area (Å²) in [5.74, 6) is 0. The highest BCUT2D eigenvalue weighted by Crippen LogP contribution is 2.33. The Morgan fingerprint density at radius 2 is 0.625 bits per heavy atom. The molecule has 0 aliphatic heterocycles. The Kier molecular flexibility index (Phi) is 6.60. The van der Waals surface area contributed by atoms with Crippen molar-refractivity contribution in [3.05, 3.63) is 168 Å². The molecule has 4 bridgehead atoms. The third-order valence-corrected chi connectivity index (χ3v) is 8.32. The smallest absolute Gasteiger partial charge is 0.0149 e. The third kappa shape index (κ3) is 5.01. The molecule has 0 saturated heterocycles. The SMILES string of the molecule is c1ccc(-c2ccc(-c3cc4ccc3CCc3ccc(cc3-c3ccc(-c5ccccc5)cc3)CC4)cc2)cc1. The van der Waals surface area contributed by atoms with E-state index in [1.54, 1.807) is 0 Å².